The number of fused-ring (bicyclic) bond motifs is 5. The Balaban J connectivity index is 1.07. The van der Waals surface area contributed by atoms with E-state index in [2.05, 4.69) is 40.7 Å². The van der Waals surface area contributed by atoms with E-state index in [-0.39, 0.29) is 0 Å². The lowest BCUT2D eigenvalue weighted by Gasteiger charge is -2.58. The summed E-state index contributed by atoms with van der Waals surface area (Å²) in [5.41, 5.74) is 1.58. The van der Waals surface area contributed by atoms with Gasteiger partial charge in [-0.25, -0.2) is 0 Å². The summed E-state index contributed by atoms with van der Waals surface area (Å²) in [5, 5.41) is 0. The summed E-state index contributed by atoms with van der Waals surface area (Å²) in [6.07, 6.45) is 20.5. The van der Waals surface area contributed by atoms with Gasteiger partial charge >= 0.3 is 11.9 Å². The van der Waals surface area contributed by atoms with Gasteiger partial charge in [0.05, 0.1) is 19.3 Å². The third kappa shape index (κ3) is 6.63. The number of esters is 2. The van der Waals surface area contributed by atoms with Gasteiger partial charge in [-0.3, -0.25) is 9.59 Å². The topological polar surface area (TPSA) is 61.8 Å². The van der Waals surface area contributed by atoms with Crippen LogP contribution < -0.4 is 0 Å². The Hall–Kier alpha value is -1.36. The predicted octanol–water partition coefficient (Wildman–Crippen LogP) is 9.08. The number of unbranched alkanes of at least 4 members (excludes halogenated alkanes) is 1. The van der Waals surface area contributed by atoms with E-state index < -0.39 is 17.4 Å². The van der Waals surface area contributed by atoms with Gasteiger partial charge in [-0.2, -0.15) is 0 Å². The highest BCUT2D eigenvalue weighted by Gasteiger charge is 2.60. The Bertz CT molecular complexity index is 1010. The van der Waals surface area contributed by atoms with E-state index in [1.54, 1.807) is 12.5 Å². The molecule has 0 aromatic carbocycles. The minimum Gasteiger partial charge on any atom is -0.465 e. The molecule has 5 nitrogen and oxygen atoms in total. The van der Waals surface area contributed by atoms with E-state index in [0.29, 0.717) is 49.6 Å². The monoisotopic (exact) mass is 598 g/mol. The minimum atomic E-state index is -1.02. The molecule has 4 fully saturated rings. The second-order valence-corrected chi connectivity index (χ2v) is 16.2. The summed E-state index contributed by atoms with van der Waals surface area (Å²) < 4.78 is 16.9. The maximum atomic E-state index is 12.4. The summed E-state index contributed by atoms with van der Waals surface area (Å²) in [4.78, 5) is 24.5. The third-order valence-electron chi connectivity index (χ3n) is 13.2. The summed E-state index contributed by atoms with van der Waals surface area (Å²) >= 11 is 0. The molecule has 0 aromatic rings. The van der Waals surface area contributed by atoms with Gasteiger partial charge in [0.25, 0.3) is 0 Å². The Morgan fingerprint density at radius 2 is 1.60 bits per heavy atom. The molecule has 0 radical (unpaired) electrons. The molecule has 0 amide bonds. The Labute approximate surface area is 262 Å². The molecule has 5 heteroatoms. The highest BCUT2D eigenvalue weighted by Crippen LogP contribution is 2.67. The molecule has 5 aliphatic carbocycles. The van der Waals surface area contributed by atoms with E-state index in [1.165, 1.54) is 57.8 Å². The van der Waals surface area contributed by atoms with Gasteiger partial charge in [-0.05, 0) is 130 Å². The lowest BCUT2D eigenvalue weighted by atomic mass is 9.47. The van der Waals surface area contributed by atoms with Crippen molar-refractivity contribution in [1.82, 2.24) is 0 Å². The lowest BCUT2D eigenvalue weighted by Crippen LogP contribution is -2.51. The van der Waals surface area contributed by atoms with Crippen LogP contribution in [0.25, 0.3) is 0 Å². The van der Waals surface area contributed by atoms with Gasteiger partial charge in [0, 0.05) is 6.61 Å². The van der Waals surface area contributed by atoms with Crippen LogP contribution in [0.2, 0.25) is 0 Å². The SMILES string of the molecule is CCOC(=O)C1(C(=O)OCCCCOC2CC[C@@]3(C)C(=CC[C@H]4[C@@H]5CC[C@H]([C@H](C)CCCC(C)C)[C@@]5(C)CC[C@@H]43)C2)CC1. The van der Waals surface area contributed by atoms with Gasteiger partial charge in [0.2, 0.25) is 0 Å². The second kappa shape index (κ2) is 13.6. The van der Waals surface area contributed by atoms with Crippen LogP contribution in [0.15, 0.2) is 11.6 Å². The van der Waals surface area contributed by atoms with Crippen molar-refractivity contribution >= 4 is 11.9 Å². The van der Waals surface area contributed by atoms with Crippen molar-refractivity contribution in [1.29, 1.82) is 0 Å². The van der Waals surface area contributed by atoms with Gasteiger partial charge in [-0.15, -0.1) is 0 Å². The third-order valence-corrected chi connectivity index (χ3v) is 13.2. The second-order valence-electron chi connectivity index (χ2n) is 16.2. The van der Waals surface area contributed by atoms with Crippen LogP contribution in [-0.4, -0.2) is 37.9 Å². The highest BCUT2D eigenvalue weighted by molar-refractivity contribution is 6.03. The zero-order valence-electron chi connectivity index (χ0n) is 28.4. The molecule has 43 heavy (non-hydrogen) atoms. The van der Waals surface area contributed by atoms with Crippen molar-refractivity contribution in [3.05, 3.63) is 11.6 Å². The first-order valence-corrected chi connectivity index (χ1v) is 18.2. The Morgan fingerprint density at radius 3 is 2.33 bits per heavy atom. The van der Waals surface area contributed by atoms with Crippen LogP contribution >= 0.6 is 0 Å². The average Bonchev–Trinajstić information content (AvgIpc) is 3.71. The molecule has 244 valence electrons. The van der Waals surface area contributed by atoms with Crippen molar-refractivity contribution in [2.24, 2.45) is 51.8 Å². The lowest BCUT2D eigenvalue weighted by molar-refractivity contribution is -0.164. The molecular weight excluding hydrogens is 536 g/mol. The first kappa shape index (κ1) is 33.0. The smallest absolute Gasteiger partial charge is 0.323 e. The molecule has 1 unspecified atom stereocenters. The van der Waals surface area contributed by atoms with E-state index in [0.717, 1.165) is 61.2 Å². The largest absolute Gasteiger partial charge is 0.465 e. The molecule has 5 aliphatic rings. The number of carbonyl (C=O) groups excluding carboxylic acids is 2. The molecule has 0 bridgehead atoms. The first-order valence-electron chi connectivity index (χ1n) is 18.2. The van der Waals surface area contributed by atoms with Crippen molar-refractivity contribution in [2.45, 2.75) is 144 Å². The van der Waals surface area contributed by atoms with E-state index in [9.17, 15) is 9.59 Å². The maximum absolute atomic E-state index is 12.4. The maximum Gasteiger partial charge on any atom is 0.323 e. The van der Waals surface area contributed by atoms with Crippen LogP contribution in [-0.2, 0) is 23.8 Å². The van der Waals surface area contributed by atoms with Crippen molar-refractivity contribution in [3.8, 4) is 0 Å². The standard InChI is InChI=1S/C38H62O5/c1-7-41-34(39)38(21-22-38)35(40)43-24-9-8-23-42-29-17-19-36(5)28(25-29)13-14-30-32-16-15-31(27(4)12-10-11-26(2)3)37(32,6)20-18-33(30)36/h13,26-27,29-33H,7-12,14-25H2,1-6H3/t27-,29?,30+,31-,32+,33+,36+,37-/m1/s1. The van der Waals surface area contributed by atoms with E-state index >= 15 is 0 Å². The molecule has 0 N–H and O–H groups in total. The summed E-state index contributed by atoms with van der Waals surface area (Å²) in [6.45, 7) is 15.7. The predicted molar refractivity (Wildman–Crippen MR) is 171 cm³/mol. The Morgan fingerprint density at radius 1 is 0.860 bits per heavy atom. The summed E-state index contributed by atoms with van der Waals surface area (Å²) in [6, 6.07) is 0. The van der Waals surface area contributed by atoms with Gasteiger partial charge in [-0.1, -0.05) is 65.5 Å². The van der Waals surface area contributed by atoms with E-state index in [4.69, 9.17) is 14.2 Å². The van der Waals surface area contributed by atoms with E-state index in [1.807, 2.05) is 0 Å². The van der Waals surface area contributed by atoms with Gasteiger partial charge in [0.15, 0.2) is 5.41 Å². The fourth-order valence-electron chi connectivity index (χ4n) is 10.4. The zero-order chi connectivity index (χ0) is 30.8. The zero-order valence-corrected chi connectivity index (χ0v) is 28.4. The van der Waals surface area contributed by atoms with Crippen molar-refractivity contribution in [3.63, 3.8) is 0 Å². The number of hydrogen-bond donors (Lipinski definition) is 0. The molecule has 8 atom stereocenters. The molecule has 0 spiro atoms. The normalized spacial score (nSPS) is 36.6. The molecule has 4 saturated carbocycles. The Kier molecular flexibility index (Phi) is 10.4. The molecule has 0 heterocycles. The summed E-state index contributed by atoms with van der Waals surface area (Å²) in [5.74, 6) is 4.42. The van der Waals surface area contributed by atoms with Crippen LogP contribution in [0, 0.1) is 51.8 Å². The first-order chi connectivity index (χ1) is 20.5. The van der Waals surface area contributed by atoms with Gasteiger partial charge in [0.1, 0.15) is 0 Å². The highest BCUT2D eigenvalue weighted by atomic mass is 16.6. The molecule has 0 saturated heterocycles. The average molecular weight is 599 g/mol. The fraction of sp³-hybridized carbons (Fsp3) is 0.895. The van der Waals surface area contributed by atoms with Crippen LogP contribution in [0.1, 0.15) is 138 Å². The number of allylic oxidation sites excluding steroid dienone is 1. The fourth-order valence-corrected chi connectivity index (χ4v) is 10.4. The number of hydrogen-bond acceptors (Lipinski definition) is 5. The molecule has 5 rings (SSSR count). The molecular formula is C38H62O5. The van der Waals surface area contributed by atoms with Crippen molar-refractivity contribution < 1.29 is 23.8 Å². The quantitative estimate of drug-likeness (QED) is 0.0864. The summed E-state index contributed by atoms with van der Waals surface area (Å²) in [7, 11) is 0. The van der Waals surface area contributed by atoms with Crippen LogP contribution in [0.5, 0.6) is 0 Å². The number of carbonyl (C=O) groups is 2. The molecule has 0 aliphatic heterocycles. The minimum absolute atomic E-state index is 0.294. The number of rotatable bonds is 14. The molecule has 0 aromatic heterocycles. The number of ether oxygens (including phenoxy) is 3. The van der Waals surface area contributed by atoms with Gasteiger partial charge < -0.3 is 14.2 Å². The van der Waals surface area contributed by atoms with Crippen LogP contribution in [0.4, 0.5) is 0 Å². The van der Waals surface area contributed by atoms with Crippen LogP contribution in [0.3, 0.4) is 0 Å². The van der Waals surface area contributed by atoms with Crippen molar-refractivity contribution in [2.75, 3.05) is 19.8 Å².